The van der Waals surface area contributed by atoms with Crippen molar-refractivity contribution < 1.29 is 0 Å². The highest BCUT2D eigenvalue weighted by atomic mass is 14.8. The van der Waals surface area contributed by atoms with Crippen LogP contribution < -0.4 is 0 Å². The average molecular weight is 791 g/mol. The smallest absolute Gasteiger partial charge is 0.0972 e. The van der Waals surface area contributed by atoms with Gasteiger partial charge in [0.2, 0.25) is 0 Å². The molecule has 8 heteroatoms. The predicted octanol–water partition coefficient (Wildman–Crippen LogP) is 12.7. The molecular weight excluding hydrogens is 761 g/mol. The molecule has 0 fully saturated rings. The zero-order valence-electron chi connectivity index (χ0n) is 32.9. The van der Waals surface area contributed by atoms with Gasteiger partial charge in [0.1, 0.15) is 0 Å². The highest BCUT2D eigenvalue weighted by Gasteiger charge is 2.22. The van der Waals surface area contributed by atoms with E-state index in [-0.39, 0.29) is 0 Å². The number of hydrogen-bond acceptors (Lipinski definition) is 8. The molecule has 0 saturated heterocycles. The van der Waals surface area contributed by atoms with Crippen molar-refractivity contribution in [1.82, 2.24) is 39.9 Å². The lowest BCUT2D eigenvalue weighted by Crippen LogP contribution is -1.99. The SMILES string of the molecule is c1cnc2c(c1)ccc1ccc(-c3cc(-c4ccc5ccc6cccnc6c5n4)c(-c4ccc5ccc6cccnc6c5n4)cc3-c3ccc4ccc5cccnc5c4n3)nc12. The van der Waals surface area contributed by atoms with E-state index >= 15 is 0 Å². The molecule has 0 spiro atoms. The molecule has 0 bridgehead atoms. The first kappa shape index (κ1) is 34.3. The van der Waals surface area contributed by atoms with E-state index in [0.29, 0.717) is 0 Å². The van der Waals surface area contributed by atoms with Crippen LogP contribution in [0.15, 0.2) is 183 Å². The largest absolute Gasteiger partial charge is 0.254 e. The van der Waals surface area contributed by atoms with Crippen molar-refractivity contribution in [2.75, 3.05) is 0 Å². The van der Waals surface area contributed by atoms with Gasteiger partial charge in [-0.3, -0.25) is 19.9 Å². The summed E-state index contributed by atoms with van der Waals surface area (Å²) in [6, 6.07) is 54.3. The maximum atomic E-state index is 5.42. The Kier molecular flexibility index (Phi) is 7.43. The van der Waals surface area contributed by atoms with Crippen LogP contribution in [0.1, 0.15) is 0 Å². The molecule has 5 aromatic carbocycles. The normalized spacial score (nSPS) is 11.9. The van der Waals surface area contributed by atoms with Crippen molar-refractivity contribution in [1.29, 1.82) is 0 Å². The Morgan fingerprint density at radius 1 is 0.210 bits per heavy atom. The second-order valence-electron chi connectivity index (χ2n) is 15.6. The molecule has 62 heavy (non-hydrogen) atoms. The molecule has 0 unspecified atom stereocenters. The first-order valence-corrected chi connectivity index (χ1v) is 20.5. The van der Waals surface area contributed by atoms with Gasteiger partial charge in [-0.15, -0.1) is 0 Å². The molecule has 0 aliphatic heterocycles. The fourth-order valence-electron chi connectivity index (χ4n) is 8.94. The fourth-order valence-corrected chi connectivity index (χ4v) is 8.94. The summed E-state index contributed by atoms with van der Waals surface area (Å²) in [7, 11) is 0. The quantitative estimate of drug-likeness (QED) is 0.162. The monoisotopic (exact) mass is 790 g/mol. The van der Waals surface area contributed by atoms with Crippen molar-refractivity contribution >= 4 is 87.2 Å². The molecule has 8 nitrogen and oxygen atoms in total. The van der Waals surface area contributed by atoms with Crippen LogP contribution in [0.4, 0.5) is 0 Å². The third kappa shape index (κ3) is 5.40. The van der Waals surface area contributed by atoms with Crippen LogP contribution in [0.3, 0.4) is 0 Å². The lowest BCUT2D eigenvalue weighted by Gasteiger charge is -2.18. The molecule has 8 heterocycles. The fraction of sp³-hybridized carbons (Fsp3) is 0. The van der Waals surface area contributed by atoms with Gasteiger partial charge in [0.05, 0.1) is 66.9 Å². The molecule has 0 atom stereocenters. The van der Waals surface area contributed by atoms with Crippen LogP contribution in [0.25, 0.3) is 132 Å². The maximum absolute atomic E-state index is 5.42. The molecule has 0 aliphatic carbocycles. The van der Waals surface area contributed by atoms with Gasteiger partial charge in [0, 0.05) is 90.1 Å². The second-order valence-corrected chi connectivity index (χ2v) is 15.6. The van der Waals surface area contributed by atoms with Crippen LogP contribution in [-0.4, -0.2) is 39.9 Å². The number of pyridine rings is 8. The summed E-state index contributed by atoms with van der Waals surface area (Å²) in [4.78, 5) is 40.9. The maximum Gasteiger partial charge on any atom is 0.0972 e. The van der Waals surface area contributed by atoms with Crippen molar-refractivity contribution in [3.05, 3.63) is 183 Å². The topological polar surface area (TPSA) is 103 Å². The average Bonchev–Trinajstić information content (AvgIpc) is 3.35. The van der Waals surface area contributed by atoms with E-state index < -0.39 is 0 Å². The minimum atomic E-state index is 0.783. The first-order valence-electron chi connectivity index (χ1n) is 20.5. The Bertz CT molecular complexity index is 3500. The summed E-state index contributed by atoms with van der Waals surface area (Å²) < 4.78 is 0. The summed E-state index contributed by atoms with van der Waals surface area (Å²) in [5.41, 5.74) is 13.4. The zero-order valence-corrected chi connectivity index (χ0v) is 32.9. The second kappa shape index (κ2) is 13.5. The van der Waals surface area contributed by atoms with E-state index in [4.69, 9.17) is 39.9 Å². The number of rotatable bonds is 4. The summed E-state index contributed by atoms with van der Waals surface area (Å²) in [5, 5.41) is 8.16. The Balaban J connectivity index is 1.15. The lowest BCUT2D eigenvalue weighted by atomic mass is 9.90. The molecule has 0 saturated carbocycles. The molecule has 0 radical (unpaired) electrons. The van der Waals surface area contributed by atoms with Crippen LogP contribution in [0.5, 0.6) is 0 Å². The molecule has 13 rings (SSSR count). The van der Waals surface area contributed by atoms with E-state index in [1.54, 1.807) is 0 Å². The number of aromatic nitrogens is 8. The van der Waals surface area contributed by atoms with Gasteiger partial charge in [0.15, 0.2) is 0 Å². The van der Waals surface area contributed by atoms with E-state index in [1.807, 2.05) is 49.1 Å². The highest BCUT2D eigenvalue weighted by Crippen LogP contribution is 2.43. The van der Waals surface area contributed by atoms with Crippen molar-refractivity contribution in [2.45, 2.75) is 0 Å². The number of fused-ring (bicyclic) bond motifs is 12. The van der Waals surface area contributed by atoms with E-state index in [2.05, 4.69) is 133 Å². The third-order valence-corrected chi connectivity index (χ3v) is 12.0. The Labute approximate surface area is 353 Å². The molecule has 13 aromatic rings. The lowest BCUT2D eigenvalue weighted by molar-refractivity contribution is 1.33. The van der Waals surface area contributed by atoms with E-state index in [1.165, 1.54) is 0 Å². The summed E-state index contributed by atoms with van der Waals surface area (Å²) in [6.45, 7) is 0. The Morgan fingerprint density at radius 2 is 0.419 bits per heavy atom. The summed E-state index contributed by atoms with van der Waals surface area (Å²) >= 11 is 0. The molecule has 0 amide bonds. The van der Waals surface area contributed by atoms with Gasteiger partial charge in [-0.05, 0) is 60.7 Å². The molecule has 286 valence electrons. The number of benzene rings is 5. The van der Waals surface area contributed by atoms with Crippen LogP contribution >= 0.6 is 0 Å². The zero-order chi connectivity index (χ0) is 40.7. The summed E-state index contributed by atoms with van der Waals surface area (Å²) in [6.07, 6.45) is 7.30. The summed E-state index contributed by atoms with van der Waals surface area (Å²) in [5.74, 6) is 0. The number of hydrogen-bond donors (Lipinski definition) is 0. The van der Waals surface area contributed by atoms with E-state index in [0.717, 1.165) is 132 Å². The van der Waals surface area contributed by atoms with Gasteiger partial charge in [0.25, 0.3) is 0 Å². The van der Waals surface area contributed by atoms with E-state index in [9.17, 15) is 0 Å². The van der Waals surface area contributed by atoms with Gasteiger partial charge in [-0.25, -0.2) is 19.9 Å². The Morgan fingerprint density at radius 3 is 0.661 bits per heavy atom. The molecule has 0 N–H and O–H groups in total. The standard InChI is InChI=1S/C54H30N8/c1-5-31-9-13-35-17-21-43(59-51(35)47(31)55-25-1)39-29-41(45-23-19-37-15-11-33-7-3-27-57-49(33)53(37)61-45)42(46-24-20-38-16-12-34-8-4-28-58-50(34)54(38)62-46)30-40(39)44-22-18-36-14-10-32-6-2-26-56-48(32)52(36)60-44/h1-30H. The van der Waals surface area contributed by atoms with Gasteiger partial charge in [-0.1, -0.05) is 97.1 Å². The highest BCUT2D eigenvalue weighted by molar-refractivity contribution is 6.08. The molecule has 0 aliphatic rings. The molecular formula is C54H30N8. The van der Waals surface area contributed by atoms with Crippen LogP contribution in [-0.2, 0) is 0 Å². The first-order chi connectivity index (χ1) is 30.7. The van der Waals surface area contributed by atoms with Crippen molar-refractivity contribution in [2.24, 2.45) is 0 Å². The third-order valence-electron chi connectivity index (χ3n) is 12.0. The van der Waals surface area contributed by atoms with Crippen LogP contribution in [0.2, 0.25) is 0 Å². The molecule has 8 aromatic heterocycles. The predicted molar refractivity (Wildman–Crippen MR) is 251 cm³/mol. The van der Waals surface area contributed by atoms with Crippen LogP contribution in [0, 0.1) is 0 Å². The minimum absolute atomic E-state index is 0.783. The number of nitrogens with zero attached hydrogens (tertiary/aromatic N) is 8. The van der Waals surface area contributed by atoms with Crippen molar-refractivity contribution in [3.63, 3.8) is 0 Å². The van der Waals surface area contributed by atoms with Crippen molar-refractivity contribution in [3.8, 4) is 45.0 Å². The van der Waals surface area contributed by atoms with Gasteiger partial charge in [-0.2, -0.15) is 0 Å². The minimum Gasteiger partial charge on any atom is -0.254 e. The Hall–Kier alpha value is -8.62. The van der Waals surface area contributed by atoms with Gasteiger partial charge >= 0.3 is 0 Å². The van der Waals surface area contributed by atoms with Gasteiger partial charge < -0.3 is 0 Å².